The molecule has 1 aromatic carbocycles. The van der Waals surface area contributed by atoms with Gasteiger partial charge in [0.15, 0.2) is 0 Å². The van der Waals surface area contributed by atoms with Gasteiger partial charge in [-0.1, -0.05) is 0 Å². The van der Waals surface area contributed by atoms with Crippen LogP contribution in [0.25, 0.3) is 10.9 Å². The number of pyridine rings is 1. The number of rotatable bonds is 7. The van der Waals surface area contributed by atoms with E-state index in [-0.39, 0.29) is 10.6 Å². The molecule has 0 radical (unpaired) electrons. The van der Waals surface area contributed by atoms with Crippen molar-refractivity contribution < 1.29 is 4.92 Å². The minimum absolute atomic E-state index is 0.109. The van der Waals surface area contributed by atoms with Gasteiger partial charge in [0.25, 0.3) is 5.69 Å². The van der Waals surface area contributed by atoms with Crippen LogP contribution in [0, 0.1) is 17.0 Å². The Bertz CT molecular complexity index is 720. The molecule has 0 unspecified atom stereocenters. The third-order valence-electron chi connectivity index (χ3n) is 4.35. The molecular weight excluding hydrogens is 304 g/mol. The normalized spacial score (nSPS) is 11.7. The number of nitro groups is 1. The SMILES string of the molecule is Cc1c([N+](=O)[O-])ccc2c(NCCN(C(C)C)C(C)C)ccnc12. The number of nitrogens with one attached hydrogen (secondary N) is 1. The zero-order chi connectivity index (χ0) is 17.9. The van der Waals surface area contributed by atoms with E-state index in [2.05, 4.69) is 42.9 Å². The molecule has 6 nitrogen and oxygen atoms in total. The summed E-state index contributed by atoms with van der Waals surface area (Å²) in [4.78, 5) is 17.5. The van der Waals surface area contributed by atoms with Gasteiger partial charge in [0.2, 0.25) is 0 Å². The quantitative estimate of drug-likeness (QED) is 0.614. The van der Waals surface area contributed by atoms with Crippen molar-refractivity contribution in [2.24, 2.45) is 0 Å². The summed E-state index contributed by atoms with van der Waals surface area (Å²) in [5.74, 6) is 0. The van der Waals surface area contributed by atoms with Gasteiger partial charge in [-0.05, 0) is 46.8 Å². The van der Waals surface area contributed by atoms with Crippen molar-refractivity contribution in [1.82, 2.24) is 9.88 Å². The molecule has 0 bridgehead atoms. The summed E-state index contributed by atoms with van der Waals surface area (Å²) < 4.78 is 0. The van der Waals surface area contributed by atoms with Crippen LogP contribution >= 0.6 is 0 Å². The van der Waals surface area contributed by atoms with Crippen LogP contribution in [0.5, 0.6) is 0 Å². The smallest absolute Gasteiger partial charge is 0.274 e. The number of nitro benzene ring substituents is 1. The summed E-state index contributed by atoms with van der Waals surface area (Å²) in [6.45, 7) is 12.3. The van der Waals surface area contributed by atoms with Crippen molar-refractivity contribution in [3.05, 3.63) is 40.1 Å². The van der Waals surface area contributed by atoms with Gasteiger partial charge >= 0.3 is 0 Å². The van der Waals surface area contributed by atoms with Crippen LogP contribution in [0.2, 0.25) is 0 Å². The first-order valence-electron chi connectivity index (χ1n) is 8.35. The predicted octanol–water partition coefficient (Wildman–Crippen LogP) is 3.98. The van der Waals surface area contributed by atoms with Gasteiger partial charge in [-0.25, -0.2) is 0 Å². The molecule has 0 spiro atoms. The summed E-state index contributed by atoms with van der Waals surface area (Å²) in [5.41, 5.74) is 2.36. The highest BCUT2D eigenvalue weighted by molar-refractivity contribution is 5.94. The van der Waals surface area contributed by atoms with E-state index in [1.807, 2.05) is 6.07 Å². The molecule has 1 heterocycles. The Morgan fingerprint density at radius 1 is 1.21 bits per heavy atom. The van der Waals surface area contributed by atoms with Crippen molar-refractivity contribution >= 4 is 22.3 Å². The molecule has 0 atom stereocenters. The van der Waals surface area contributed by atoms with Crippen LogP contribution in [0.1, 0.15) is 33.3 Å². The number of anilines is 1. The lowest BCUT2D eigenvalue weighted by molar-refractivity contribution is -0.385. The molecule has 130 valence electrons. The van der Waals surface area contributed by atoms with E-state index in [0.717, 1.165) is 24.2 Å². The molecule has 0 aliphatic rings. The van der Waals surface area contributed by atoms with E-state index in [1.165, 1.54) is 0 Å². The second-order valence-electron chi connectivity index (χ2n) is 6.57. The Balaban J connectivity index is 2.21. The predicted molar refractivity (Wildman–Crippen MR) is 98.6 cm³/mol. The molecular formula is C18H26N4O2. The molecule has 0 fully saturated rings. The average molecular weight is 330 g/mol. The number of fused-ring (bicyclic) bond motifs is 1. The Kier molecular flexibility index (Phi) is 5.72. The van der Waals surface area contributed by atoms with E-state index in [1.54, 1.807) is 25.3 Å². The van der Waals surface area contributed by atoms with Gasteiger partial charge in [0.05, 0.1) is 16.0 Å². The lowest BCUT2D eigenvalue weighted by Crippen LogP contribution is -2.40. The van der Waals surface area contributed by atoms with Crippen LogP contribution < -0.4 is 5.32 Å². The molecule has 0 amide bonds. The monoisotopic (exact) mass is 330 g/mol. The topological polar surface area (TPSA) is 71.3 Å². The largest absolute Gasteiger partial charge is 0.383 e. The van der Waals surface area contributed by atoms with Crippen LogP contribution in [0.15, 0.2) is 24.4 Å². The fourth-order valence-electron chi connectivity index (χ4n) is 3.13. The third kappa shape index (κ3) is 3.82. The fraction of sp³-hybridized carbons (Fsp3) is 0.500. The molecule has 6 heteroatoms. The lowest BCUT2D eigenvalue weighted by atomic mass is 10.1. The molecule has 1 N–H and O–H groups in total. The number of hydrogen-bond acceptors (Lipinski definition) is 5. The number of aryl methyl sites for hydroxylation is 1. The minimum Gasteiger partial charge on any atom is -0.383 e. The molecule has 1 aromatic heterocycles. The minimum atomic E-state index is -0.361. The van der Waals surface area contributed by atoms with Crippen LogP contribution in [-0.2, 0) is 0 Å². The molecule has 2 rings (SSSR count). The first kappa shape index (κ1) is 18.1. The molecule has 0 aliphatic carbocycles. The maximum absolute atomic E-state index is 11.1. The highest BCUT2D eigenvalue weighted by Gasteiger charge is 2.16. The average Bonchev–Trinajstić information content (AvgIpc) is 2.51. The maximum atomic E-state index is 11.1. The molecule has 24 heavy (non-hydrogen) atoms. The van der Waals surface area contributed by atoms with Gasteiger partial charge in [-0.15, -0.1) is 0 Å². The third-order valence-corrected chi connectivity index (χ3v) is 4.35. The van der Waals surface area contributed by atoms with E-state index in [9.17, 15) is 10.1 Å². The Hall–Kier alpha value is -2.21. The van der Waals surface area contributed by atoms with E-state index >= 15 is 0 Å². The van der Waals surface area contributed by atoms with Crippen molar-refractivity contribution in [1.29, 1.82) is 0 Å². The second-order valence-corrected chi connectivity index (χ2v) is 6.57. The molecule has 0 aliphatic heterocycles. The Labute approximate surface area is 143 Å². The summed E-state index contributed by atoms with van der Waals surface area (Å²) in [7, 11) is 0. The van der Waals surface area contributed by atoms with E-state index in [4.69, 9.17) is 0 Å². The fourth-order valence-corrected chi connectivity index (χ4v) is 3.13. The van der Waals surface area contributed by atoms with E-state index in [0.29, 0.717) is 23.2 Å². The number of aromatic nitrogens is 1. The zero-order valence-corrected chi connectivity index (χ0v) is 15.0. The van der Waals surface area contributed by atoms with Crippen LogP contribution in [0.3, 0.4) is 0 Å². The van der Waals surface area contributed by atoms with Crippen LogP contribution in [-0.4, -0.2) is 40.0 Å². The van der Waals surface area contributed by atoms with Gasteiger partial charge in [0.1, 0.15) is 0 Å². The van der Waals surface area contributed by atoms with E-state index < -0.39 is 0 Å². The maximum Gasteiger partial charge on any atom is 0.274 e. The van der Waals surface area contributed by atoms with Gasteiger partial charge in [0, 0.05) is 48.5 Å². The zero-order valence-electron chi connectivity index (χ0n) is 15.0. The molecule has 2 aromatic rings. The van der Waals surface area contributed by atoms with Crippen molar-refractivity contribution in [2.45, 2.75) is 46.7 Å². The highest BCUT2D eigenvalue weighted by atomic mass is 16.6. The second kappa shape index (κ2) is 7.57. The standard InChI is InChI=1S/C18H26N4O2/c1-12(2)21(13(3)4)11-10-19-16-8-9-20-18-14(5)17(22(23)24)7-6-15(16)18/h6-9,12-13H,10-11H2,1-5H3,(H,19,20). The summed E-state index contributed by atoms with van der Waals surface area (Å²) in [6.07, 6.45) is 1.70. The number of hydrogen-bond donors (Lipinski definition) is 1. The molecule has 0 saturated carbocycles. The van der Waals surface area contributed by atoms with Gasteiger partial charge in [-0.3, -0.25) is 20.0 Å². The summed E-state index contributed by atoms with van der Waals surface area (Å²) >= 11 is 0. The number of nitrogens with zero attached hydrogens (tertiary/aromatic N) is 3. The summed E-state index contributed by atoms with van der Waals surface area (Å²) in [6, 6.07) is 6.23. The first-order chi connectivity index (χ1) is 11.3. The Morgan fingerprint density at radius 2 is 1.88 bits per heavy atom. The lowest BCUT2D eigenvalue weighted by Gasteiger charge is -2.30. The van der Waals surface area contributed by atoms with Crippen molar-refractivity contribution in [3.8, 4) is 0 Å². The van der Waals surface area contributed by atoms with Crippen LogP contribution in [0.4, 0.5) is 11.4 Å². The van der Waals surface area contributed by atoms with Crippen molar-refractivity contribution in [2.75, 3.05) is 18.4 Å². The van der Waals surface area contributed by atoms with Crippen molar-refractivity contribution in [3.63, 3.8) is 0 Å². The first-order valence-corrected chi connectivity index (χ1v) is 8.35. The highest BCUT2D eigenvalue weighted by Crippen LogP contribution is 2.29. The Morgan fingerprint density at radius 3 is 2.46 bits per heavy atom. The molecule has 0 saturated heterocycles. The summed E-state index contributed by atoms with van der Waals surface area (Å²) in [5, 5.41) is 15.5. The van der Waals surface area contributed by atoms with Gasteiger partial charge in [-0.2, -0.15) is 0 Å². The van der Waals surface area contributed by atoms with Gasteiger partial charge < -0.3 is 5.32 Å². The number of benzene rings is 1.